The standard InChI is InChI=1S/C13H16Cl2N2O2/c1-8(17-4-2-16-3-5-17)12(18)10-6-9(14)7-11(15)13(10)19/h6-8,16,19H,2-5H2,1H3. The van der Waals surface area contributed by atoms with Gasteiger partial charge in [-0.3, -0.25) is 9.69 Å². The van der Waals surface area contributed by atoms with Gasteiger partial charge in [0.1, 0.15) is 5.75 Å². The fourth-order valence-electron chi connectivity index (χ4n) is 2.21. The Morgan fingerprint density at radius 3 is 2.63 bits per heavy atom. The van der Waals surface area contributed by atoms with Crippen LogP contribution in [0.2, 0.25) is 10.0 Å². The van der Waals surface area contributed by atoms with Gasteiger partial charge in [-0.2, -0.15) is 0 Å². The molecule has 0 amide bonds. The van der Waals surface area contributed by atoms with E-state index in [1.54, 1.807) is 0 Å². The van der Waals surface area contributed by atoms with E-state index in [1.165, 1.54) is 12.1 Å². The molecule has 1 aliphatic heterocycles. The van der Waals surface area contributed by atoms with Crippen molar-refractivity contribution in [3.63, 3.8) is 0 Å². The van der Waals surface area contributed by atoms with E-state index in [-0.39, 0.29) is 28.2 Å². The van der Waals surface area contributed by atoms with Gasteiger partial charge in [0.15, 0.2) is 5.78 Å². The Hall–Kier alpha value is -0.810. The van der Waals surface area contributed by atoms with E-state index in [9.17, 15) is 9.90 Å². The zero-order valence-electron chi connectivity index (χ0n) is 10.6. The summed E-state index contributed by atoms with van der Waals surface area (Å²) in [6.07, 6.45) is 0. The van der Waals surface area contributed by atoms with Gasteiger partial charge in [0.05, 0.1) is 16.6 Å². The van der Waals surface area contributed by atoms with Crippen molar-refractivity contribution in [3.05, 3.63) is 27.7 Å². The zero-order valence-corrected chi connectivity index (χ0v) is 12.1. The normalized spacial score (nSPS) is 18.3. The maximum absolute atomic E-state index is 12.4. The predicted molar refractivity (Wildman–Crippen MR) is 76.4 cm³/mol. The predicted octanol–water partition coefficient (Wildman–Crippen LogP) is 2.18. The highest BCUT2D eigenvalue weighted by Gasteiger charge is 2.26. The van der Waals surface area contributed by atoms with Crippen LogP contribution in [0.15, 0.2) is 12.1 Å². The SMILES string of the molecule is CC(C(=O)c1cc(Cl)cc(Cl)c1O)N1CCNCC1. The topological polar surface area (TPSA) is 52.6 Å². The van der Waals surface area contributed by atoms with Crippen LogP contribution in [0.25, 0.3) is 0 Å². The number of hydrogen-bond acceptors (Lipinski definition) is 4. The summed E-state index contributed by atoms with van der Waals surface area (Å²) >= 11 is 11.7. The highest BCUT2D eigenvalue weighted by Crippen LogP contribution is 2.32. The molecule has 1 heterocycles. The summed E-state index contributed by atoms with van der Waals surface area (Å²) in [7, 11) is 0. The minimum absolute atomic E-state index is 0.100. The molecule has 1 aromatic carbocycles. The van der Waals surface area contributed by atoms with E-state index in [2.05, 4.69) is 10.2 Å². The number of benzene rings is 1. The average Bonchev–Trinajstić information content (AvgIpc) is 2.42. The number of nitrogens with one attached hydrogen (secondary N) is 1. The van der Waals surface area contributed by atoms with E-state index < -0.39 is 0 Å². The van der Waals surface area contributed by atoms with Crippen molar-refractivity contribution < 1.29 is 9.90 Å². The van der Waals surface area contributed by atoms with Gasteiger partial charge in [-0.15, -0.1) is 0 Å². The molecule has 19 heavy (non-hydrogen) atoms. The molecule has 0 aromatic heterocycles. The Bertz CT molecular complexity index is 488. The third kappa shape index (κ3) is 3.20. The van der Waals surface area contributed by atoms with Gasteiger partial charge in [0, 0.05) is 31.2 Å². The number of rotatable bonds is 3. The summed E-state index contributed by atoms with van der Waals surface area (Å²) in [4.78, 5) is 14.5. The Kier molecular flexibility index (Phi) is 4.68. The van der Waals surface area contributed by atoms with Crippen molar-refractivity contribution in [1.29, 1.82) is 0 Å². The number of phenolic OH excluding ortho intramolecular Hbond substituents is 1. The molecule has 0 aliphatic carbocycles. The number of hydrogen-bond donors (Lipinski definition) is 2. The molecule has 1 fully saturated rings. The van der Waals surface area contributed by atoms with E-state index in [0.29, 0.717) is 5.02 Å². The number of carbonyl (C=O) groups excluding carboxylic acids is 1. The highest BCUT2D eigenvalue weighted by molar-refractivity contribution is 6.36. The van der Waals surface area contributed by atoms with Gasteiger partial charge >= 0.3 is 0 Å². The third-order valence-corrected chi connectivity index (χ3v) is 3.88. The van der Waals surface area contributed by atoms with Crippen molar-refractivity contribution in [2.75, 3.05) is 26.2 Å². The second-order valence-electron chi connectivity index (χ2n) is 4.61. The maximum Gasteiger partial charge on any atom is 0.183 e. The molecule has 1 atom stereocenters. The molecular weight excluding hydrogens is 287 g/mol. The molecule has 6 heteroatoms. The number of aromatic hydroxyl groups is 1. The summed E-state index contributed by atoms with van der Waals surface area (Å²) in [5, 5.41) is 13.6. The lowest BCUT2D eigenvalue weighted by Crippen LogP contribution is -2.50. The molecule has 0 spiro atoms. The lowest BCUT2D eigenvalue weighted by Gasteiger charge is -2.32. The summed E-state index contributed by atoms with van der Waals surface area (Å²) in [5.41, 5.74) is 0.184. The van der Waals surface area contributed by atoms with Crippen molar-refractivity contribution in [3.8, 4) is 5.75 Å². The number of Topliss-reactive ketones (excluding diaryl/α,β-unsaturated/α-hetero) is 1. The maximum atomic E-state index is 12.4. The molecule has 1 saturated heterocycles. The van der Waals surface area contributed by atoms with Crippen molar-refractivity contribution in [1.82, 2.24) is 10.2 Å². The van der Waals surface area contributed by atoms with Crippen LogP contribution < -0.4 is 5.32 Å². The molecule has 0 radical (unpaired) electrons. The van der Waals surface area contributed by atoms with Crippen LogP contribution in [0.1, 0.15) is 17.3 Å². The minimum Gasteiger partial charge on any atom is -0.506 e. The summed E-state index contributed by atoms with van der Waals surface area (Å²) in [6, 6.07) is 2.58. The molecule has 0 bridgehead atoms. The quantitative estimate of drug-likeness (QED) is 0.840. The van der Waals surface area contributed by atoms with Crippen LogP contribution >= 0.6 is 23.2 Å². The van der Waals surface area contributed by atoms with Crippen molar-refractivity contribution in [2.45, 2.75) is 13.0 Å². The molecule has 4 nitrogen and oxygen atoms in total. The first-order chi connectivity index (χ1) is 9.00. The number of nitrogens with zero attached hydrogens (tertiary/aromatic N) is 1. The Labute approximate surface area is 122 Å². The molecule has 1 aromatic rings. The van der Waals surface area contributed by atoms with E-state index in [4.69, 9.17) is 23.2 Å². The summed E-state index contributed by atoms with van der Waals surface area (Å²) in [5.74, 6) is -0.359. The number of halogens is 2. The van der Waals surface area contributed by atoms with Crippen LogP contribution in [0.5, 0.6) is 5.75 Å². The van der Waals surface area contributed by atoms with E-state index in [1.807, 2.05) is 6.92 Å². The summed E-state index contributed by atoms with van der Waals surface area (Å²) in [6.45, 7) is 5.17. The average molecular weight is 303 g/mol. The fraction of sp³-hybridized carbons (Fsp3) is 0.462. The van der Waals surface area contributed by atoms with E-state index >= 15 is 0 Å². The Balaban J connectivity index is 2.23. The van der Waals surface area contributed by atoms with Gasteiger partial charge in [0.2, 0.25) is 0 Å². The number of piperazine rings is 1. The number of carbonyl (C=O) groups is 1. The first kappa shape index (κ1) is 14.6. The second-order valence-corrected chi connectivity index (χ2v) is 5.45. The minimum atomic E-state index is -0.303. The molecule has 2 rings (SSSR count). The van der Waals surface area contributed by atoms with Gasteiger partial charge in [0.25, 0.3) is 0 Å². The third-order valence-electron chi connectivity index (χ3n) is 3.37. The molecule has 104 valence electrons. The van der Waals surface area contributed by atoms with Crippen LogP contribution in [0, 0.1) is 0 Å². The summed E-state index contributed by atoms with van der Waals surface area (Å²) < 4.78 is 0. The van der Waals surface area contributed by atoms with Crippen LogP contribution in [0.4, 0.5) is 0 Å². The number of phenols is 1. The molecule has 1 unspecified atom stereocenters. The van der Waals surface area contributed by atoms with Gasteiger partial charge in [-0.1, -0.05) is 23.2 Å². The number of ketones is 1. The van der Waals surface area contributed by atoms with Crippen molar-refractivity contribution in [2.24, 2.45) is 0 Å². The van der Waals surface area contributed by atoms with Gasteiger partial charge < -0.3 is 10.4 Å². The Morgan fingerprint density at radius 2 is 2.00 bits per heavy atom. The molecule has 0 saturated carbocycles. The van der Waals surface area contributed by atoms with E-state index in [0.717, 1.165) is 26.2 Å². The van der Waals surface area contributed by atoms with Crippen LogP contribution in [-0.2, 0) is 0 Å². The first-order valence-electron chi connectivity index (χ1n) is 6.17. The fourth-order valence-corrected chi connectivity index (χ4v) is 2.71. The molecular formula is C13H16Cl2N2O2. The Morgan fingerprint density at radius 1 is 1.37 bits per heavy atom. The van der Waals surface area contributed by atoms with Crippen molar-refractivity contribution >= 4 is 29.0 Å². The van der Waals surface area contributed by atoms with Gasteiger partial charge in [-0.05, 0) is 19.1 Å². The smallest absolute Gasteiger partial charge is 0.183 e. The second kappa shape index (κ2) is 6.09. The largest absolute Gasteiger partial charge is 0.506 e. The van der Waals surface area contributed by atoms with Crippen LogP contribution in [-0.4, -0.2) is 48.0 Å². The van der Waals surface area contributed by atoms with Gasteiger partial charge in [-0.25, -0.2) is 0 Å². The monoisotopic (exact) mass is 302 g/mol. The highest BCUT2D eigenvalue weighted by atomic mass is 35.5. The lowest BCUT2D eigenvalue weighted by atomic mass is 10.0. The molecule has 2 N–H and O–H groups in total. The van der Waals surface area contributed by atoms with Crippen LogP contribution in [0.3, 0.4) is 0 Å². The first-order valence-corrected chi connectivity index (χ1v) is 6.93. The zero-order chi connectivity index (χ0) is 14.0. The lowest BCUT2D eigenvalue weighted by molar-refractivity contribution is 0.0817. The molecule has 1 aliphatic rings.